The normalized spacial score (nSPS) is 13.8. The minimum atomic E-state index is -0.0359. The van der Waals surface area contributed by atoms with E-state index >= 15 is 0 Å². The summed E-state index contributed by atoms with van der Waals surface area (Å²) in [5.41, 5.74) is 3.15. The lowest BCUT2D eigenvalue weighted by molar-refractivity contribution is -0.116. The van der Waals surface area contributed by atoms with Crippen LogP contribution in [0.15, 0.2) is 24.3 Å². The van der Waals surface area contributed by atoms with Gasteiger partial charge in [0.15, 0.2) is 0 Å². The molecule has 110 valence electrons. The van der Waals surface area contributed by atoms with Crippen molar-refractivity contribution in [1.29, 1.82) is 0 Å². The molecule has 0 fully saturated rings. The first-order valence-corrected chi connectivity index (χ1v) is 7.61. The standard InChI is InChI=1S/C16H18ClN3O/c1-11-18-14-4-2-3-5-15(14)20(11)10-16(21)19-13-8-6-12(17)7-9-13/h6-9H,2-5,10H2,1H3,(H,19,21). The van der Waals surface area contributed by atoms with Gasteiger partial charge in [-0.3, -0.25) is 4.79 Å². The third kappa shape index (κ3) is 3.10. The Labute approximate surface area is 129 Å². The maximum Gasteiger partial charge on any atom is 0.244 e. The van der Waals surface area contributed by atoms with Crippen molar-refractivity contribution in [3.8, 4) is 0 Å². The number of amides is 1. The van der Waals surface area contributed by atoms with Crippen LogP contribution in [-0.2, 0) is 24.2 Å². The molecule has 1 aromatic carbocycles. The first kappa shape index (κ1) is 14.1. The van der Waals surface area contributed by atoms with E-state index < -0.39 is 0 Å². The predicted octanol–water partition coefficient (Wildman–Crippen LogP) is 3.36. The van der Waals surface area contributed by atoms with Gasteiger partial charge in [-0.2, -0.15) is 0 Å². The summed E-state index contributed by atoms with van der Waals surface area (Å²) in [5.74, 6) is 0.888. The largest absolute Gasteiger partial charge is 0.325 e. The van der Waals surface area contributed by atoms with Crippen molar-refractivity contribution >= 4 is 23.2 Å². The maximum absolute atomic E-state index is 12.2. The number of anilines is 1. The Morgan fingerprint density at radius 3 is 2.76 bits per heavy atom. The van der Waals surface area contributed by atoms with Gasteiger partial charge in [-0.25, -0.2) is 4.98 Å². The zero-order valence-electron chi connectivity index (χ0n) is 12.0. The number of carbonyl (C=O) groups excluding carboxylic acids is 1. The summed E-state index contributed by atoms with van der Waals surface area (Å²) < 4.78 is 2.04. The summed E-state index contributed by atoms with van der Waals surface area (Å²) in [5, 5.41) is 3.55. The Hall–Kier alpha value is -1.81. The Kier molecular flexibility index (Phi) is 3.97. The molecule has 5 heteroatoms. The van der Waals surface area contributed by atoms with Crippen LogP contribution in [0.5, 0.6) is 0 Å². The van der Waals surface area contributed by atoms with E-state index in [1.165, 1.54) is 18.5 Å². The maximum atomic E-state index is 12.2. The molecular weight excluding hydrogens is 286 g/mol. The molecule has 0 saturated carbocycles. The van der Waals surface area contributed by atoms with Gasteiger partial charge in [0.1, 0.15) is 12.4 Å². The number of imidazole rings is 1. The number of rotatable bonds is 3. The van der Waals surface area contributed by atoms with Crippen molar-refractivity contribution in [3.63, 3.8) is 0 Å². The van der Waals surface area contributed by atoms with E-state index in [0.29, 0.717) is 11.6 Å². The van der Waals surface area contributed by atoms with Crippen molar-refractivity contribution in [2.24, 2.45) is 0 Å². The first-order chi connectivity index (χ1) is 10.1. The SMILES string of the molecule is Cc1nc2c(n1CC(=O)Nc1ccc(Cl)cc1)CCCC2. The van der Waals surface area contributed by atoms with Crippen LogP contribution in [-0.4, -0.2) is 15.5 Å². The summed E-state index contributed by atoms with van der Waals surface area (Å²) >= 11 is 5.84. The van der Waals surface area contributed by atoms with Crippen molar-refractivity contribution in [2.75, 3.05) is 5.32 Å². The van der Waals surface area contributed by atoms with Gasteiger partial charge in [0.05, 0.1) is 5.69 Å². The van der Waals surface area contributed by atoms with Crippen molar-refractivity contribution in [1.82, 2.24) is 9.55 Å². The highest BCUT2D eigenvalue weighted by Gasteiger charge is 2.19. The predicted molar refractivity (Wildman–Crippen MR) is 83.7 cm³/mol. The fraction of sp³-hybridized carbons (Fsp3) is 0.375. The van der Waals surface area contributed by atoms with E-state index in [4.69, 9.17) is 11.6 Å². The van der Waals surface area contributed by atoms with Gasteiger partial charge in [-0.1, -0.05) is 11.6 Å². The highest BCUT2D eigenvalue weighted by Crippen LogP contribution is 2.22. The molecule has 1 aromatic heterocycles. The molecule has 0 unspecified atom stereocenters. The number of hydrogen-bond acceptors (Lipinski definition) is 2. The molecule has 1 amide bonds. The van der Waals surface area contributed by atoms with Crippen LogP contribution in [0, 0.1) is 6.92 Å². The highest BCUT2D eigenvalue weighted by atomic mass is 35.5. The van der Waals surface area contributed by atoms with Crippen LogP contribution in [0.3, 0.4) is 0 Å². The minimum absolute atomic E-state index is 0.0359. The molecule has 0 saturated heterocycles. The molecule has 21 heavy (non-hydrogen) atoms. The van der Waals surface area contributed by atoms with Gasteiger partial charge >= 0.3 is 0 Å². The molecule has 0 spiro atoms. The average molecular weight is 304 g/mol. The van der Waals surface area contributed by atoms with Gasteiger partial charge in [0.25, 0.3) is 0 Å². The van der Waals surface area contributed by atoms with Crippen LogP contribution >= 0.6 is 11.6 Å². The lowest BCUT2D eigenvalue weighted by Crippen LogP contribution is -2.21. The first-order valence-electron chi connectivity index (χ1n) is 7.24. The summed E-state index contributed by atoms with van der Waals surface area (Å²) in [6.45, 7) is 2.28. The smallest absolute Gasteiger partial charge is 0.244 e. The van der Waals surface area contributed by atoms with E-state index in [1.807, 2.05) is 11.5 Å². The van der Waals surface area contributed by atoms with Gasteiger partial charge in [-0.15, -0.1) is 0 Å². The summed E-state index contributed by atoms with van der Waals surface area (Å²) in [7, 11) is 0. The third-order valence-corrected chi connectivity index (χ3v) is 4.11. The number of nitrogens with one attached hydrogen (secondary N) is 1. The number of fused-ring (bicyclic) bond motifs is 1. The zero-order chi connectivity index (χ0) is 14.8. The number of aromatic nitrogens is 2. The fourth-order valence-electron chi connectivity index (χ4n) is 2.82. The number of halogens is 1. The Bertz CT molecular complexity index is 661. The van der Waals surface area contributed by atoms with Crippen molar-refractivity contribution < 1.29 is 4.79 Å². The van der Waals surface area contributed by atoms with E-state index in [0.717, 1.165) is 30.0 Å². The molecule has 4 nitrogen and oxygen atoms in total. The molecule has 3 rings (SSSR count). The van der Waals surface area contributed by atoms with Gasteiger partial charge in [0.2, 0.25) is 5.91 Å². The van der Waals surface area contributed by atoms with Crippen LogP contribution in [0.2, 0.25) is 5.02 Å². The van der Waals surface area contributed by atoms with E-state index in [2.05, 4.69) is 10.3 Å². The lowest BCUT2D eigenvalue weighted by atomic mass is 10.0. The molecule has 1 heterocycles. The van der Waals surface area contributed by atoms with Gasteiger partial charge in [-0.05, 0) is 56.9 Å². The molecule has 0 atom stereocenters. The number of aryl methyl sites for hydroxylation is 2. The Morgan fingerprint density at radius 1 is 1.29 bits per heavy atom. The summed E-state index contributed by atoms with van der Waals surface area (Å²) in [6, 6.07) is 7.13. The van der Waals surface area contributed by atoms with Crippen molar-refractivity contribution in [2.45, 2.75) is 39.2 Å². The number of nitrogens with zero attached hydrogens (tertiary/aromatic N) is 2. The summed E-state index contributed by atoms with van der Waals surface area (Å²) in [6.07, 6.45) is 4.42. The van der Waals surface area contributed by atoms with E-state index in [-0.39, 0.29) is 5.91 Å². The summed E-state index contributed by atoms with van der Waals surface area (Å²) in [4.78, 5) is 16.8. The number of carbonyl (C=O) groups is 1. The second-order valence-corrected chi connectivity index (χ2v) is 5.84. The second-order valence-electron chi connectivity index (χ2n) is 5.40. The highest BCUT2D eigenvalue weighted by molar-refractivity contribution is 6.30. The Morgan fingerprint density at radius 2 is 2.00 bits per heavy atom. The molecule has 1 aliphatic carbocycles. The van der Waals surface area contributed by atoms with E-state index in [9.17, 15) is 4.79 Å². The second kappa shape index (κ2) is 5.90. The van der Waals surface area contributed by atoms with Crippen LogP contribution in [0.4, 0.5) is 5.69 Å². The fourth-order valence-corrected chi connectivity index (χ4v) is 2.95. The van der Waals surface area contributed by atoms with Crippen LogP contribution in [0.25, 0.3) is 0 Å². The Balaban J connectivity index is 1.73. The number of hydrogen-bond donors (Lipinski definition) is 1. The molecule has 0 bridgehead atoms. The average Bonchev–Trinajstić information content (AvgIpc) is 2.78. The quantitative estimate of drug-likeness (QED) is 0.945. The van der Waals surface area contributed by atoms with Gasteiger partial charge in [0, 0.05) is 16.4 Å². The van der Waals surface area contributed by atoms with E-state index in [1.54, 1.807) is 24.3 Å². The van der Waals surface area contributed by atoms with Gasteiger partial charge < -0.3 is 9.88 Å². The van der Waals surface area contributed by atoms with Crippen LogP contribution < -0.4 is 5.32 Å². The lowest BCUT2D eigenvalue weighted by Gasteiger charge is -2.14. The molecule has 1 N–H and O–H groups in total. The molecule has 0 aliphatic heterocycles. The molecule has 1 aliphatic rings. The minimum Gasteiger partial charge on any atom is -0.325 e. The number of benzene rings is 1. The van der Waals surface area contributed by atoms with Crippen LogP contribution in [0.1, 0.15) is 30.1 Å². The molecular formula is C16H18ClN3O. The van der Waals surface area contributed by atoms with Crippen molar-refractivity contribution in [3.05, 3.63) is 46.5 Å². The monoisotopic (exact) mass is 303 g/mol. The third-order valence-electron chi connectivity index (χ3n) is 3.85. The zero-order valence-corrected chi connectivity index (χ0v) is 12.8. The molecule has 2 aromatic rings. The molecule has 0 radical (unpaired) electrons. The topological polar surface area (TPSA) is 46.9 Å².